The number of ether oxygens (including phenoxy) is 10. The van der Waals surface area contributed by atoms with Gasteiger partial charge in [0.05, 0.1) is 45.7 Å². The van der Waals surface area contributed by atoms with Gasteiger partial charge in [0.15, 0.2) is 25.2 Å². The third-order valence-electron chi connectivity index (χ3n) is 11.8. The van der Waals surface area contributed by atoms with Gasteiger partial charge in [0.2, 0.25) is 5.91 Å². The first-order valence-corrected chi connectivity index (χ1v) is 22.0. The van der Waals surface area contributed by atoms with Crippen LogP contribution in [-0.2, 0) is 52.2 Å². The molecule has 68 heavy (non-hydrogen) atoms. The fourth-order valence-corrected chi connectivity index (χ4v) is 8.15. The Hall–Kier alpha value is 0.222. The molecule has 18 unspecified atom stereocenters. The molecule has 17 N–H and O–H groups in total. The van der Waals surface area contributed by atoms with Gasteiger partial charge in [-0.1, -0.05) is 13.5 Å². The SMILES string of the molecule is C.[Ac].[NH-]C1C(O)[C@H](OC2OC(CO)[C@H](O)C(OC3OC(CO)[C@H](O)C(O)C3O)C2O)C(CO)O[C@H]1OC1C(O)[C@H](O[C@@H]2C(CO)OC(OCCCNC(=O)CCCS)C(O)C2O)OC(CO)[C@@H]1O. The molecule has 5 aliphatic rings. The van der Waals surface area contributed by atoms with Gasteiger partial charge in [0, 0.05) is 57.0 Å². The summed E-state index contributed by atoms with van der Waals surface area (Å²) in [4.78, 5) is 11.8. The van der Waals surface area contributed by atoms with Gasteiger partial charge < -0.3 is 135 Å². The first-order chi connectivity index (χ1) is 31.5. The minimum atomic E-state index is -2.07. The normalized spacial score (nSPS) is 45.5. The van der Waals surface area contributed by atoms with E-state index in [-0.39, 0.29) is 70.5 Å². The second-order valence-electron chi connectivity index (χ2n) is 16.4. The second-order valence-corrected chi connectivity index (χ2v) is 16.8. The Morgan fingerprint density at radius 1 is 0.485 bits per heavy atom. The van der Waals surface area contributed by atoms with Gasteiger partial charge in [-0.15, -0.1) is 0 Å². The molecule has 0 saturated carbocycles. The van der Waals surface area contributed by atoms with E-state index < -0.39 is 187 Å². The summed E-state index contributed by atoms with van der Waals surface area (Å²) in [5.74, 6) is 0.363. The predicted octanol–water partition coefficient (Wildman–Crippen LogP) is -8.99. The summed E-state index contributed by atoms with van der Waals surface area (Å²) < 4.78 is 56.1. The van der Waals surface area contributed by atoms with Crippen LogP contribution in [0.1, 0.15) is 26.7 Å². The van der Waals surface area contributed by atoms with E-state index in [1.165, 1.54) is 0 Å². The molecular formula is C38H69AcN2O26S-. The first-order valence-electron chi connectivity index (χ1n) is 21.4. The average Bonchev–Trinajstić information content (AvgIpc) is 3.31. The van der Waals surface area contributed by atoms with E-state index in [2.05, 4.69) is 17.9 Å². The van der Waals surface area contributed by atoms with Crippen LogP contribution in [0.4, 0.5) is 0 Å². The third-order valence-corrected chi connectivity index (χ3v) is 12.1. The number of amides is 1. The summed E-state index contributed by atoms with van der Waals surface area (Å²) >= 11 is 4.06. The van der Waals surface area contributed by atoms with Crippen LogP contribution in [0.5, 0.6) is 0 Å². The van der Waals surface area contributed by atoms with Crippen molar-refractivity contribution in [3.05, 3.63) is 5.73 Å². The van der Waals surface area contributed by atoms with Crippen molar-refractivity contribution >= 4 is 18.5 Å². The van der Waals surface area contributed by atoms with E-state index in [1.807, 2.05) is 0 Å². The standard InChI is InChI=1S/C37H65N2O26S.CH4.Ac/c38-18-22(49)29(62-36-28(55)32(21(48)14(9-42)58-36)65-35-25(52)23(50)19(46)12(7-40)57-35)15(10-43)60-33(18)64-31-20(47)13(8-41)59-37(27(31)54)63-30-16(11-44)61-34(26(53)24(30)51)56-5-2-4-39-17(45)3-1-6-66;;/h12-16,18-38,40-44,46-55,66H,1-11H2,(H,39,45);1H4;/q-1;;/t12?,13?,14?,15?,16?,18?,19-,20-,21-,22?,23?,24?,25?,26?,27?,28?,29+,30+,31?,32?,33-,34?,35?,36?,37-;;/m0../s1. The van der Waals surface area contributed by atoms with E-state index in [1.54, 1.807) is 0 Å². The Kier molecular flexibility index (Phi) is 27.0. The Balaban J connectivity index is 0.00000612. The number of carbonyl (C=O) groups excluding carboxylic acids is 1. The summed E-state index contributed by atoms with van der Waals surface area (Å²) in [6.07, 6.45) is -42.1. The molecule has 0 bridgehead atoms. The monoisotopic (exact) mass is 1230 g/mol. The maximum atomic E-state index is 11.8. The molecule has 0 aromatic rings. The van der Waals surface area contributed by atoms with Crippen molar-refractivity contribution in [2.75, 3.05) is 51.9 Å². The Bertz CT molecular complexity index is 1460. The zero-order valence-corrected chi connectivity index (χ0v) is 41.6. The van der Waals surface area contributed by atoms with E-state index in [9.17, 15) is 81.4 Å². The van der Waals surface area contributed by atoms with Gasteiger partial charge in [-0.05, 0) is 18.6 Å². The zero-order chi connectivity index (χ0) is 48.6. The first kappa shape index (κ1) is 62.5. The van der Waals surface area contributed by atoms with Crippen molar-refractivity contribution in [3.8, 4) is 0 Å². The Labute approximate surface area is 432 Å². The molecule has 0 aliphatic carbocycles. The number of hydrogen-bond donors (Lipinski definition) is 17. The summed E-state index contributed by atoms with van der Waals surface area (Å²) in [5, 5.41) is 161. The van der Waals surface area contributed by atoms with E-state index in [0.29, 0.717) is 25.0 Å². The van der Waals surface area contributed by atoms with Crippen LogP contribution in [0.15, 0.2) is 0 Å². The molecule has 0 spiro atoms. The van der Waals surface area contributed by atoms with Crippen molar-refractivity contribution < 1.29 is 173 Å². The van der Waals surface area contributed by atoms with Crippen LogP contribution in [0.2, 0.25) is 0 Å². The maximum absolute atomic E-state index is 11.8. The fourth-order valence-electron chi connectivity index (χ4n) is 7.99. The van der Waals surface area contributed by atoms with Crippen molar-refractivity contribution in [3.63, 3.8) is 0 Å². The quantitative estimate of drug-likeness (QED) is 0.0375. The number of carbonyl (C=O) groups is 1. The maximum Gasteiger partial charge on any atom is 0.220 e. The topological polar surface area (TPSA) is 449 Å². The van der Waals surface area contributed by atoms with Gasteiger partial charge in [0.25, 0.3) is 0 Å². The fraction of sp³-hybridized carbons (Fsp3) is 0.974. The molecule has 0 aromatic carbocycles. The predicted molar refractivity (Wildman–Crippen MR) is 220 cm³/mol. The van der Waals surface area contributed by atoms with Crippen molar-refractivity contribution in [1.82, 2.24) is 5.32 Å². The number of aliphatic hydroxyl groups is 15. The molecule has 28 nitrogen and oxygen atoms in total. The second kappa shape index (κ2) is 29.3. The van der Waals surface area contributed by atoms with Crippen LogP contribution in [0.25, 0.3) is 5.73 Å². The van der Waals surface area contributed by atoms with Crippen LogP contribution in [0, 0.1) is 44.1 Å². The van der Waals surface area contributed by atoms with Crippen LogP contribution >= 0.6 is 12.6 Å². The Morgan fingerprint density at radius 3 is 1.37 bits per heavy atom. The molecule has 5 saturated heterocycles. The molecule has 30 heteroatoms. The van der Waals surface area contributed by atoms with Gasteiger partial charge in [0.1, 0.15) is 116 Å². The number of thiol groups is 1. The number of rotatable bonds is 21. The molecule has 1 radical (unpaired) electrons. The molecule has 0 aromatic heterocycles. The molecule has 25 atom stereocenters. The zero-order valence-electron chi connectivity index (χ0n) is 35.9. The van der Waals surface area contributed by atoms with Crippen LogP contribution in [-0.4, -0.2) is 288 Å². The summed E-state index contributed by atoms with van der Waals surface area (Å²) in [6.45, 7) is -4.30. The minimum Gasteiger partial charge on any atom is -0.668 e. The minimum absolute atomic E-state index is 0. The van der Waals surface area contributed by atoms with Crippen molar-refractivity contribution in [2.24, 2.45) is 0 Å². The number of hydrogen-bond acceptors (Lipinski definition) is 27. The van der Waals surface area contributed by atoms with Crippen LogP contribution < -0.4 is 5.32 Å². The van der Waals surface area contributed by atoms with Gasteiger partial charge in [-0.2, -0.15) is 12.6 Å². The van der Waals surface area contributed by atoms with Crippen LogP contribution in [0.3, 0.4) is 0 Å². The smallest absolute Gasteiger partial charge is 0.220 e. The molecule has 5 fully saturated rings. The molecular weight excluding hydrogens is 1160 g/mol. The van der Waals surface area contributed by atoms with Gasteiger partial charge in [-0.3, -0.25) is 4.79 Å². The van der Waals surface area contributed by atoms with Gasteiger partial charge >= 0.3 is 0 Å². The largest absolute Gasteiger partial charge is 0.668 e. The Morgan fingerprint density at radius 2 is 0.882 bits per heavy atom. The average molecular weight is 1230 g/mol. The van der Waals surface area contributed by atoms with Gasteiger partial charge in [-0.25, -0.2) is 0 Å². The number of aliphatic hydroxyl groups excluding tert-OH is 15. The summed E-state index contributed by atoms with van der Waals surface area (Å²) in [5.41, 5.74) is 8.75. The molecule has 1 amide bonds. The third kappa shape index (κ3) is 14.7. The van der Waals surface area contributed by atoms with E-state index >= 15 is 0 Å². The number of nitrogens with one attached hydrogen (secondary N) is 2. The molecule has 397 valence electrons. The molecule has 5 aliphatic heterocycles. The van der Waals surface area contributed by atoms with E-state index in [4.69, 9.17) is 53.1 Å². The summed E-state index contributed by atoms with van der Waals surface area (Å²) in [7, 11) is 0. The molecule has 5 rings (SSSR count). The van der Waals surface area contributed by atoms with Crippen molar-refractivity contribution in [2.45, 2.75) is 180 Å². The summed E-state index contributed by atoms with van der Waals surface area (Å²) in [6, 6.07) is -1.93. The van der Waals surface area contributed by atoms with Crippen molar-refractivity contribution in [1.29, 1.82) is 0 Å². The molecule has 5 heterocycles. The van der Waals surface area contributed by atoms with E-state index in [0.717, 1.165) is 0 Å².